The summed E-state index contributed by atoms with van der Waals surface area (Å²) in [7, 11) is -2.52. The van der Waals surface area contributed by atoms with Crippen LogP contribution in [0.3, 0.4) is 0 Å². The number of anilines is 1. The SMILES string of the molecule is CCc1ccc(S(=O)(=O)NCC(=O)Nc2cccc(C(=O)OC)c2)cc1. The Bertz CT molecular complexity index is 892. The monoisotopic (exact) mass is 376 g/mol. The van der Waals surface area contributed by atoms with E-state index in [1.165, 1.54) is 25.3 Å². The van der Waals surface area contributed by atoms with Crippen molar-refractivity contribution in [3.8, 4) is 0 Å². The summed E-state index contributed by atoms with van der Waals surface area (Å²) >= 11 is 0. The fourth-order valence-corrected chi connectivity index (χ4v) is 3.18. The summed E-state index contributed by atoms with van der Waals surface area (Å²) in [6.07, 6.45) is 0.806. The number of nitrogens with one attached hydrogen (secondary N) is 2. The third-order valence-corrected chi connectivity index (χ3v) is 5.05. The second-order valence-corrected chi connectivity index (χ2v) is 7.21. The van der Waals surface area contributed by atoms with Crippen molar-refractivity contribution in [3.63, 3.8) is 0 Å². The number of amides is 1. The van der Waals surface area contributed by atoms with Crippen molar-refractivity contribution in [1.82, 2.24) is 4.72 Å². The van der Waals surface area contributed by atoms with Gasteiger partial charge in [-0.3, -0.25) is 4.79 Å². The molecule has 0 saturated carbocycles. The van der Waals surface area contributed by atoms with Crippen molar-refractivity contribution in [2.45, 2.75) is 18.2 Å². The van der Waals surface area contributed by atoms with E-state index >= 15 is 0 Å². The molecule has 0 aliphatic rings. The molecule has 0 aliphatic heterocycles. The van der Waals surface area contributed by atoms with E-state index in [0.29, 0.717) is 5.69 Å². The van der Waals surface area contributed by atoms with Gasteiger partial charge in [0.25, 0.3) is 0 Å². The van der Waals surface area contributed by atoms with E-state index < -0.39 is 28.4 Å². The van der Waals surface area contributed by atoms with E-state index in [1.54, 1.807) is 30.3 Å². The first-order valence-corrected chi connectivity index (χ1v) is 9.41. The van der Waals surface area contributed by atoms with E-state index in [-0.39, 0.29) is 10.5 Å². The molecule has 0 atom stereocenters. The zero-order valence-corrected chi connectivity index (χ0v) is 15.3. The number of hydrogen-bond acceptors (Lipinski definition) is 5. The van der Waals surface area contributed by atoms with E-state index in [2.05, 4.69) is 14.8 Å². The summed E-state index contributed by atoms with van der Waals surface area (Å²) in [5.41, 5.74) is 1.67. The zero-order valence-electron chi connectivity index (χ0n) is 14.5. The van der Waals surface area contributed by atoms with Crippen LogP contribution in [-0.4, -0.2) is 33.9 Å². The third kappa shape index (κ3) is 5.14. The molecule has 0 spiro atoms. The summed E-state index contributed by atoms with van der Waals surface area (Å²) in [6, 6.07) is 12.6. The molecule has 0 heterocycles. The standard InChI is InChI=1S/C18H20N2O5S/c1-3-13-7-9-16(10-8-13)26(23,24)19-12-17(21)20-15-6-4-5-14(11-15)18(22)25-2/h4-11,19H,3,12H2,1-2H3,(H,20,21). The number of methoxy groups -OCH3 is 1. The molecule has 2 N–H and O–H groups in total. The van der Waals surface area contributed by atoms with Crippen LogP contribution in [0, 0.1) is 0 Å². The number of sulfonamides is 1. The molecule has 8 heteroatoms. The maximum absolute atomic E-state index is 12.2. The van der Waals surface area contributed by atoms with Gasteiger partial charge >= 0.3 is 5.97 Å². The minimum Gasteiger partial charge on any atom is -0.465 e. The Hall–Kier alpha value is -2.71. The summed E-state index contributed by atoms with van der Waals surface area (Å²) < 4.78 is 31.3. The molecule has 0 fully saturated rings. The van der Waals surface area contributed by atoms with Crippen LogP contribution in [0.1, 0.15) is 22.8 Å². The van der Waals surface area contributed by atoms with Gasteiger partial charge < -0.3 is 10.1 Å². The molecule has 26 heavy (non-hydrogen) atoms. The van der Waals surface area contributed by atoms with Crippen LogP contribution in [0.15, 0.2) is 53.4 Å². The number of rotatable bonds is 7. The maximum atomic E-state index is 12.2. The second-order valence-electron chi connectivity index (χ2n) is 5.44. The van der Waals surface area contributed by atoms with Crippen LogP contribution in [0.2, 0.25) is 0 Å². The normalized spacial score (nSPS) is 11.0. The van der Waals surface area contributed by atoms with E-state index in [9.17, 15) is 18.0 Å². The molecule has 2 rings (SSSR count). The first kappa shape index (κ1) is 19.6. The van der Waals surface area contributed by atoms with E-state index in [1.807, 2.05) is 6.92 Å². The van der Waals surface area contributed by atoms with Crippen LogP contribution in [-0.2, 0) is 26.0 Å². The fourth-order valence-electron chi connectivity index (χ4n) is 2.20. The number of benzene rings is 2. The molecule has 138 valence electrons. The van der Waals surface area contributed by atoms with Crippen molar-refractivity contribution in [1.29, 1.82) is 0 Å². The topological polar surface area (TPSA) is 102 Å². The molecule has 2 aromatic carbocycles. The Morgan fingerprint density at radius 1 is 1.08 bits per heavy atom. The van der Waals surface area contributed by atoms with Crippen LogP contribution < -0.4 is 10.0 Å². The minimum absolute atomic E-state index is 0.0928. The van der Waals surface area contributed by atoms with Gasteiger partial charge in [-0.25, -0.2) is 17.9 Å². The van der Waals surface area contributed by atoms with E-state index in [0.717, 1.165) is 12.0 Å². The average molecular weight is 376 g/mol. The molecule has 0 aliphatic carbocycles. The molecule has 2 aromatic rings. The van der Waals surface area contributed by atoms with Crippen LogP contribution in [0.4, 0.5) is 5.69 Å². The number of hydrogen-bond donors (Lipinski definition) is 2. The van der Waals surface area contributed by atoms with Crippen molar-refractivity contribution >= 4 is 27.6 Å². The number of ether oxygens (including phenoxy) is 1. The van der Waals surface area contributed by atoms with Crippen molar-refractivity contribution in [2.75, 3.05) is 19.0 Å². The quantitative estimate of drug-likeness (QED) is 0.719. The molecular weight excluding hydrogens is 356 g/mol. The summed E-state index contributed by atoms with van der Waals surface area (Å²) in [5.74, 6) is -1.09. The number of carbonyl (C=O) groups excluding carboxylic acids is 2. The highest BCUT2D eigenvalue weighted by atomic mass is 32.2. The first-order valence-electron chi connectivity index (χ1n) is 7.92. The Labute approximate surface area is 152 Å². The zero-order chi connectivity index (χ0) is 19.2. The lowest BCUT2D eigenvalue weighted by molar-refractivity contribution is -0.115. The van der Waals surface area contributed by atoms with Gasteiger partial charge in [-0.15, -0.1) is 0 Å². The maximum Gasteiger partial charge on any atom is 0.337 e. The Morgan fingerprint density at radius 2 is 1.77 bits per heavy atom. The van der Waals surface area contributed by atoms with Gasteiger partial charge in [0, 0.05) is 5.69 Å². The van der Waals surface area contributed by atoms with Gasteiger partial charge in [-0.05, 0) is 42.3 Å². The highest BCUT2D eigenvalue weighted by molar-refractivity contribution is 7.89. The second kappa shape index (κ2) is 8.59. The van der Waals surface area contributed by atoms with Crippen LogP contribution in [0.25, 0.3) is 0 Å². The minimum atomic E-state index is -3.78. The molecule has 1 amide bonds. The lowest BCUT2D eigenvalue weighted by Gasteiger charge is -2.09. The highest BCUT2D eigenvalue weighted by Gasteiger charge is 2.15. The predicted molar refractivity (Wildman–Crippen MR) is 97.4 cm³/mol. The van der Waals surface area contributed by atoms with Crippen molar-refractivity contribution in [3.05, 3.63) is 59.7 Å². The van der Waals surface area contributed by atoms with Crippen LogP contribution in [0.5, 0.6) is 0 Å². The summed E-state index contributed by atoms with van der Waals surface area (Å²) in [4.78, 5) is 23.6. The Morgan fingerprint density at radius 3 is 2.38 bits per heavy atom. The number of carbonyl (C=O) groups is 2. The molecule has 0 bridgehead atoms. The molecule has 0 unspecified atom stereocenters. The smallest absolute Gasteiger partial charge is 0.337 e. The lowest BCUT2D eigenvalue weighted by atomic mass is 10.2. The van der Waals surface area contributed by atoms with Gasteiger partial charge in [0.1, 0.15) is 0 Å². The van der Waals surface area contributed by atoms with Crippen molar-refractivity contribution in [2.24, 2.45) is 0 Å². The van der Waals surface area contributed by atoms with Crippen LogP contribution >= 0.6 is 0 Å². The summed E-state index contributed by atoms with van der Waals surface area (Å²) in [5, 5.41) is 2.53. The third-order valence-electron chi connectivity index (χ3n) is 3.63. The lowest BCUT2D eigenvalue weighted by Crippen LogP contribution is -2.32. The summed E-state index contributed by atoms with van der Waals surface area (Å²) in [6.45, 7) is 1.54. The fraction of sp³-hybridized carbons (Fsp3) is 0.222. The molecule has 0 aromatic heterocycles. The van der Waals surface area contributed by atoms with E-state index in [4.69, 9.17) is 0 Å². The largest absolute Gasteiger partial charge is 0.465 e. The average Bonchev–Trinajstić information content (AvgIpc) is 2.66. The predicted octanol–water partition coefficient (Wildman–Crippen LogP) is 1.95. The van der Waals surface area contributed by atoms with Crippen molar-refractivity contribution < 1.29 is 22.7 Å². The van der Waals surface area contributed by atoms with Gasteiger partial charge in [0.15, 0.2) is 0 Å². The molecule has 0 saturated heterocycles. The molecule has 7 nitrogen and oxygen atoms in total. The van der Waals surface area contributed by atoms with Gasteiger partial charge in [0.05, 0.1) is 24.1 Å². The Balaban J connectivity index is 1.98. The molecule has 0 radical (unpaired) electrons. The molecular formula is C18H20N2O5S. The Kier molecular flexibility index (Phi) is 6.48. The van der Waals surface area contributed by atoms with Gasteiger partial charge in [0.2, 0.25) is 15.9 Å². The number of aryl methyl sites for hydroxylation is 1. The highest BCUT2D eigenvalue weighted by Crippen LogP contribution is 2.12. The first-order chi connectivity index (χ1) is 12.4. The van der Waals surface area contributed by atoms with Gasteiger partial charge in [-0.2, -0.15) is 0 Å². The number of esters is 1. The van der Waals surface area contributed by atoms with Gasteiger partial charge in [-0.1, -0.05) is 25.1 Å².